The van der Waals surface area contributed by atoms with E-state index < -0.39 is 0 Å². The first-order valence-electron chi connectivity index (χ1n) is 5.37. The number of amides is 2. The molecular formula is C13H10Br2N2O2. The summed E-state index contributed by atoms with van der Waals surface area (Å²) < 4.78 is 0.994. The molecule has 0 saturated heterocycles. The summed E-state index contributed by atoms with van der Waals surface area (Å²) in [6.07, 6.45) is 0. The third-order valence-corrected chi connectivity index (χ3v) is 3.52. The van der Waals surface area contributed by atoms with Gasteiger partial charge in [0.2, 0.25) is 0 Å². The predicted molar refractivity (Wildman–Crippen MR) is 82.6 cm³/mol. The van der Waals surface area contributed by atoms with Gasteiger partial charge in [0.15, 0.2) is 0 Å². The van der Waals surface area contributed by atoms with Crippen molar-refractivity contribution in [1.82, 2.24) is 0 Å². The maximum atomic E-state index is 11.8. The van der Waals surface area contributed by atoms with E-state index in [0.29, 0.717) is 20.3 Å². The first-order valence-corrected chi connectivity index (χ1v) is 6.96. The molecule has 98 valence electrons. The first kappa shape index (κ1) is 13.9. The van der Waals surface area contributed by atoms with Crippen LogP contribution in [0.3, 0.4) is 0 Å². The molecule has 0 spiro atoms. The minimum absolute atomic E-state index is 0.0917. The molecule has 0 bridgehead atoms. The summed E-state index contributed by atoms with van der Waals surface area (Å²) in [5, 5.41) is 15.0. The van der Waals surface area contributed by atoms with Crippen LogP contribution in [0, 0.1) is 0 Å². The number of urea groups is 1. The van der Waals surface area contributed by atoms with Crippen molar-refractivity contribution < 1.29 is 9.90 Å². The molecule has 0 heterocycles. The highest BCUT2D eigenvalue weighted by atomic mass is 79.9. The molecule has 0 aliphatic rings. The van der Waals surface area contributed by atoms with Crippen molar-refractivity contribution in [3.63, 3.8) is 0 Å². The third-order valence-electron chi connectivity index (χ3n) is 2.31. The van der Waals surface area contributed by atoms with Gasteiger partial charge in [0, 0.05) is 11.4 Å². The minimum Gasteiger partial charge on any atom is -0.506 e. The number of phenols is 1. The molecule has 0 fully saturated rings. The normalized spacial score (nSPS) is 10.0. The van der Waals surface area contributed by atoms with E-state index in [1.807, 2.05) is 18.2 Å². The summed E-state index contributed by atoms with van der Waals surface area (Å²) in [6.45, 7) is 0. The third kappa shape index (κ3) is 3.71. The monoisotopic (exact) mass is 384 g/mol. The molecular weight excluding hydrogens is 376 g/mol. The molecule has 0 radical (unpaired) electrons. The van der Waals surface area contributed by atoms with E-state index >= 15 is 0 Å². The zero-order chi connectivity index (χ0) is 13.8. The van der Waals surface area contributed by atoms with Crippen molar-refractivity contribution >= 4 is 49.3 Å². The average Bonchev–Trinajstić information content (AvgIpc) is 2.37. The van der Waals surface area contributed by atoms with Gasteiger partial charge in [-0.1, -0.05) is 18.2 Å². The van der Waals surface area contributed by atoms with Gasteiger partial charge in [-0.25, -0.2) is 4.79 Å². The number of hydrogen-bond donors (Lipinski definition) is 3. The van der Waals surface area contributed by atoms with E-state index in [1.54, 1.807) is 24.3 Å². The Morgan fingerprint density at radius 1 is 0.947 bits per heavy atom. The minimum atomic E-state index is -0.351. The molecule has 0 atom stereocenters. The van der Waals surface area contributed by atoms with Crippen molar-refractivity contribution in [3.8, 4) is 5.75 Å². The fourth-order valence-electron chi connectivity index (χ4n) is 1.45. The molecule has 2 aromatic carbocycles. The second-order valence-electron chi connectivity index (χ2n) is 3.73. The van der Waals surface area contributed by atoms with E-state index in [2.05, 4.69) is 42.5 Å². The Morgan fingerprint density at radius 3 is 2.05 bits per heavy atom. The number of hydrogen-bond acceptors (Lipinski definition) is 2. The molecule has 0 saturated carbocycles. The van der Waals surface area contributed by atoms with Crippen molar-refractivity contribution in [2.24, 2.45) is 0 Å². The Bertz CT molecular complexity index is 580. The van der Waals surface area contributed by atoms with Crippen LogP contribution in [0.1, 0.15) is 0 Å². The van der Waals surface area contributed by atoms with Crippen LogP contribution in [0.4, 0.5) is 16.2 Å². The molecule has 3 N–H and O–H groups in total. The maximum Gasteiger partial charge on any atom is 0.323 e. The Labute approximate surface area is 127 Å². The van der Waals surface area contributed by atoms with E-state index in [-0.39, 0.29) is 11.8 Å². The molecule has 2 rings (SSSR count). The lowest BCUT2D eigenvalue weighted by Gasteiger charge is -2.09. The van der Waals surface area contributed by atoms with Crippen molar-refractivity contribution in [2.75, 3.05) is 10.6 Å². The van der Waals surface area contributed by atoms with Crippen LogP contribution in [0.5, 0.6) is 5.75 Å². The van der Waals surface area contributed by atoms with Gasteiger partial charge in [-0.15, -0.1) is 0 Å². The molecule has 2 amide bonds. The van der Waals surface area contributed by atoms with Gasteiger partial charge in [-0.2, -0.15) is 0 Å². The highest BCUT2D eigenvalue weighted by Crippen LogP contribution is 2.35. The molecule has 19 heavy (non-hydrogen) atoms. The lowest BCUT2D eigenvalue weighted by Crippen LogP contribution is -2.19. The first-order chi connectivity index (χ1) is 9.06. The number of carbonyl (C=O) groups is 1. The number of rotatable bonds is 2. The quantitative estimate of drug-likeness (QED) is 0.663. The van der Waals surface area contributed by atoms with Crippen molar-refractivity contribution in [3.05, 3.63) is 51.4 Å². The smallest absolute Gasteiger partial charge is 0.323 e. The number of nitrogens with one attached hydrogen (secondary N) is 2. The summed E-state index contributed by atoms with van der Waals surface area (Å²) in [4.78, 5) is 11.8. The molecule has 0 aliphatic heterocycles. The van der Waals surface area contributed by atoms with E-state index in [0.717, 1.165) is 0 Å². The second kappa shape index (κ2) is 6.08. The number of aromatic hydroxyl groups is 1. The van der Waals surface area contributed by atoms with Crippen LogP contribution >= 0.6 is 31.9 Å². The van der Waals surface area contributed by atoms with Crippen LogP contribution < -0.4 is 10.6 Å². The Morgan fingerprint density at radius 2 is 1.47 bits per heavy atom. The lowest BCUT2D eigenvalue weighted by molar-refractivity contribution is 0.262. The van der Waals surface area contributed by atoms with Gasteiger partial charge in [0.05, 0.1) is 8.95 Å². The van der Waals surface area contributed by atoms with Crippen LogP contribution in [-0.2, 0) is 0 Å². The Kier molecular flexibility index (Phi) is 4.44. The second-order valence-corrected chi connectivity index (χ2v) is 5.44. The van der Waals surface area contributed by atoms with Gasteiger partial charge in [0.25, 0.3) is 0 Å². The van der Waals surface area contributed by atoms with Crippen LogP contribution in [-0.4, -0.2) is 11.1 Å². The molecule has 0 aromatic heterocycles. The molecule has 6 heteroatoms. The van der Waals surface area contributed by atoms with Gasteiger partial charge in [-0.05, 0) is 56.1 Å². The Balaban J connectivity index is 2.07. The van der Waals surface area contributed by atoms with E-state index in [1.165, 1.54) is 0 Å². The predicted octanol–water partition coefficient (Wildman–Crippen LogP) is 4.56. The summed E-state index contributed by atoms with van der Waals surface area (Å²) in [5.74, 6) is 0.0917. The number of benzene rings is 2. The summed E-state index contributed by atoms with van der Waals surface area (Å²) in [6, 6.07) is 12.0. The summed E-state index contributed by atoms with van der Waals surface area (Å²) >= 11 is 6.40. The molecule has 4 nitrogen and oxygen atoms in total. The summed E-state index contributed by atoms with van der Waals surface area (Å²) in [7, 11) is 0. The molecule has 2 aromatic rings. The number of para-hydroxylation sites is 1. The number of phenolic OH excluding ortho intramolecular Hbond substituents is 1. The SMILES string of the molecule is O=C(Nc1ccccc1)Nc1cc(Br)c(O)c(Br)c1. The zero-order valence-corrected chi connectivity index (χ0v) is 12.8. The largest absolute Gasteiger partial charge is 0.506 e. The zero-order valence-electron chi connectivity index (χ0n) is 9.65. The number of carbonyl (C=O) groups excluding carboxylic acids is 1. The Hall–Kier alpha value is -1.53. The topological polar surface area (TPSA) is 61.4 Å². The maximum absolute atomic E-state index is 11.8. The fourth-order valence-corrected chi connectivity index (χ4v) is 2.64. The van der Waals surface area contributed by atoms with Crippen molar-refractivity contribution in [1.29, 1.82) is 0 Å². The van der Waals surface area contributed by atoms with Gasteiger partial charge >= 0.3 is 6.03 Å². The standard InChI is InChI=1S/C13H10Br2N2O2/c14-10-6-9(7-11(15)12(10)18)17-13(19)16-8-4-2-1-3-5-8/h1-7,18H,(H2,16,17,19). The average molecular weight is 386 g/mol. The highest BCUT2D eigenvalue weighted by molar-refractivity contribution is 9.11. The van der Waals surface area contributed by atoms with Gasteiger partial charge in [0.1, 0.15) is 5.75 Å². The van der Waals surface area contributed by atoms with Crippen LogP contribution in [0.15, 0.2) is 51.4 Å². The van der Waals surface area contributed by atoms with Crippen LogP contribution in [0.2, 0.25) is 0 Å². The van der Waals surface area contributed by atoms with Crippen molar-refractivity contribution in [2.45, 2.75) is 0 Å². The number of halogens is 2. The van der Waals surface area contributed by atoms with Gasteiger partial charge in [-0.3, -0.25) is 0 Å². The molecule has 0 unspecified atom stereocenters. The highest BCUT2D eigenvalue weighted by Gasteiger charge is 2.08. The van der Waals surface area contributed by atoms with Gasteiger partial charge < -0.3 is 15.7 Å². The van der Waals surface area contributed by atoms with E-state index in [4.69, 9.17) is 0 Å². The van der Waals surface area contributed by atoms with E-state index in [9.17, 15) is 9.90 Å². The lowest BCUT2D eigenvalue weighted by atomic mass is 10.3. The summed E-state index contributed by atoms with van der Waals surface area (Å²) in [5.41, 5.74) is 1.27. The van der Waals surface area contributed by atoms with Crippen LogP contribution in [0.25, 0.3) is 0 Å². The fraction of sp³-hybridized carbons (Fsp3) is 0. The molecule has 0 aliphatic carbocycles. The number of anilines is 2.